The Morgan fingerprint density at radius 3 is 2.84 bits per heavy atom. The lowest BCUT2D eigenvalue weighted by molar-refractivity contribution is -0.131. The first kappa shape index (κ1) is 24.9. The standard InChI is InChI=1S/C27H23FN6O4/c1-27(2,37)24(28)14-31-26(36)19-13-30-21(22-5-4-18-7-15(11-29)12-32-34(18)22)10-20(19)33-17-3-6-23-16(8-17)9-25(35)38-23/h3-8,10,12-13,24,37H,9,14H2,1-2H3,(H,30,33)(H,31,36)/t24-/m1/s1. The first-order chi connectivity index (χ1) is 18.1. The van der Waals surface area contributed by atoms with Gasteiger partial charge in [-0.05, 0) is 56.3 Å². The number of pyridine rings is 1. The van der Waals surface area contributed by atoms with Crippen molar-refractivity contribution >= 4 is 28.8 Å². The summed E-state index contributed by atoms with van der Waals surface area (Å²) in [7, 11) is 0. The van der Waals surface area contributed by atoms with Gasteiger partial charge in [0.1, 0.15) is 18.0 Å². The summed E-state index contributed by atoms with van der Waals surface area (Å²) in [5.74, 6) is -0.449. The summed E-state index contributed by atoms with van der Waals surface area (Å²) in [6, 6.07) is 14.1. The second-order valence-corrected chi connectivity index (χ2v) is 9.46. The number of fused-ring (bicyclic) bond motifs is 2. The number of nitrogens with one attached hydrogen (secondary N) is 2. The molecule has 3 aromatic heterocycles. The van der Waals surface area contributed by atoms with Crippen LogP contribution in [-0.2, 0) is 11.2 Å². The Morgan fingerprint density at radius 1 is 1.26 bits per heavy atom. The van der Waals surface area contributed by atoms with Crippen molar-refractivity contribution in [2.45, 2.75) is 32.0 Å². The number of carbonyl (C=O) groups is 2. The summed E-state index contributed by atoms with van der Waals surface area (Å²) >= 11 is 0. The highest BCUT2D eigenvalue weighted by molar-refractivity contribution is 6.00. The highest BCUT2D eigenvalue weighted by atomic mass is 19.1. The monoisotopic (exact) mass is 514 g/mol. The smallest absolute Gasteiger partial charge is 0.315 e. The Morgan fingerprint density at radius 2 is 2.08 bits per heavy atom. The highest BCUT2D eigenvalue weighted by Gasteiger charge is 2.27. The zero-order chi connectivity index (χ0) is 27.0. The predicted octanol–water partition coefficient (Wildman–Crippen LogP) is 3.31. The third kappa shape index (κ3) is 4.89. The maximum atomic E-state index is 14.3. The molecule has 0 saturated heterocycles. The van der Waals surface area contributed by atoms with Crippen molar-refractivity contribution in [1.82, 2.24) is 19.9 Å². The van der Waals surface area contributed by atoms with Crippen LogP contribution in [0.15, 0.2) is 54.9 Å². The lowest BCUT2D eigenvalue weighted by atomic mass is 10.0. The molecule has 0 saturated carbocycles. The molecule has 0 aliphatic carbocycles. The van der Waals surface area contributed by atoms with Crippen molar-refractivity contribution in [2.75, 3.05) is 11.9 Å². The molecule has 0 fully saturated rings. The van der Waals surface area contributed by atoms with Crippen molar-refractivity contribution in [3.05, 3.63) is 71.5 Å². The van der Waals surface area contributed by atoms with E-state index in [0.717, 1.165) is 0 Å². The molecule has 1 atom stereocenters. The fourth-order valence-corrected chi connectivity index (χ4v) is 4.03. The number of anilines is 2. The van der Waals surface area contributed by atoms with Gasteiger partial charge in [0.05, 0.1) is 58.5 Å². The SMILES string of the molecule is CC(C)(O)[C@H](F)CNC(=O)c1cnc(-c2ccc3cc(C#N)cnn23)cc1Nc1ccc2c(c1)CC(=O)O2. The van der Waals surface area contributed by atoms with Crippen LogP contribution in [0.5, 0.6) is 5.75 Å². The second-order valence-electron chi connectivity index (χ2n) is 9.46. The van der Waals surface area contributed by atoms with E-state index in [4.69, 9.17) is 10.00 Å². The van der Waals surface area contributed by atoms with Gasteiger partial charge in [-0.25, -0.2) is 8.91 Å². The van der Waals surface area contributed by atoms with E-state index in [9.17, 15) is 19.1 Å². The van der Waals surface area contributed by atoms with Gasteiger partial charge in [0.25, 0.3) is 5.91 Å². The predicted molar refractivity (Wildman–Crippen MR) is 136 cm³/mol. The van der Waals surface area contributed by atoms with E-state index in [0.29, 0.717) is 45.2 Å². The summed E-state index contributed by atoms with van der Waals surface area (Å²) in [5, 5.41) is 29.0. The molecule has 3 N–H and O–H groups in total. The third-order valence-corrected chi connectivity index (χ3v) is 6.15. The van der Waals surface area contributed by atoms with Gasteiger partial charge in [0, 0.05) is 17.4 Å². The Labute approximate surface area is 216 Å². The largest absolute Gasteiger partial charge is 0.426 e. The van der Waals surface area contributed by atoms with Gasteiger partial charge in [-0.1, -0.05) is 0 Å². The second kappa shape index (κ2) is 9.57. The maximum Gasteiger partial charge on any atom is 0.315 e. The fourth-order valence-electron chi connectivity index (χ4n) is 4.03. The summed E-state index contributed by atoms with van der Waals surface area (Å²) in [4.78, 5) is 29.1. The van der Waals surface area contributed by atoms with Crippen LogP contribution in [0.4, 0.5) is 15.8 Å². The first-order valence-electron chi connectivity index (χ1n) is 11.8. The number of benzene rings is 1. The van der Waals surface area contributed by atoms with Crippen molar-refractivity contribution in [3.63, 3.8) is 0 Å². The van der Waals surface area contributed by atoms with Crippen LogP contribution in [0.3, 0.4) is 0 Å². The fraction of sp³-hybridized carbons (Fsp3) is 0.222. The molecule has 1 aliphatic heterocycles. The van der Waals surface area contributed by atoms with Crippen molar-refractivity contribution in [2.24, 2.45) is 0 Å². The number of nitriles is 1. The molecule has 192 valence electrons. The van der Waals surface area contributed by atoms with Crippen LogP contribution in [0, 0.1) is 11.3 Å². The van der Waals surface area contributed by atoms with Crippen molar-refractivity contribution in [3.8, 4) is 23.2 Å². The number of alkyl halides is 1. The number of hydrogen-bond donors (Lipinski definition) is 3. The van der Waals surface area contributed by atoms with Crippen LogP contribution in [0.2, 0.25) is 0 Å². The molecular weight excluding hydrogens is 491 g/mol. The molecule has 11 heteroatoms. The molecule has 0 spiro atoms. The lowest BCUT2D eigenvalue weighted by Gasteiger charge is -2.22. The van der Waals surface area contributed by atoms with Gasteiger partial charge >= 0.3 is 5.97 Å². The number of halogens is 1. The number of amides is 1. The normalized spacial score (nSPS) is 13.5. The van der Waals surface area contributed by atoms with Crippen LogP contribution in [-0.4, -0.2) is 49.9 Å². The molecule has 1 amide bonds. The quantitative estimate of drug-likeness (QED) is 0.252. The Hall–Kier alpha value is -4.82. The van der Waals surface area contributed by atoms with Crippen molar-refractivity contribution < 1.29 is 23.8 Å². The zero-order valence-corrected chi connectivity index (χ0v) is 20.5. The number of nitrogens with zero attached hydrogens (tertiary/aromatic N) is 4. The van der Waals surface area contributed by atoms with Gasteiger partial charge in [0.2, 0.25) is 0 Å². The van der Waals surface area contributed by atoms with E-state index in [-0.39, 0.29) is 18.0 Å². The van der Waals surface area contributed by atoms with E-state index in [1.54, 1.807) is 47.0 Å². The van der Waals surface area contributed by atoms with Gasteiger partial charge in [-0.3, -0.25) is 14.6 Å². The molecule has 4 heterocycles. The van der Waals surface area contributed by atoms with Gasteiger partial charge in [0.15, 0.2) is 0 Å². The molecule has 38 heavy (non-hydrogen) atoms. The lowest BCUT2D eigenvalue weighted by Crippen LogP contribution is -2.42. The van der Waals surface area contributed by atoms with Gasteiger partial charge in [-0.2, -0.15) is 10.4 Å². The molecule has 1 aromatic carbocycles. The van der Waals surface area contributed by atoms with Crippen molar-refractivity contribution in [1.29, 1.82) is 5.26 Å². The minimum atomic E-state index is -1.68. The summed E-state index contributed by atoms with van der Waals surface area (Å²) < 4.78 is 21.1. The topological polar surface area (TPSA) is 142 Å². The minimum absolute atomic E-state index is 0.140. The van der Waals surface area contributed by atoms with E-state index < -0.39 is 24.2 Å². The Bertz CT molecular complexity index is 1620. The number of esters is 1. The van der Waals surface area contributed by atoms with Crippen LogP contribution in [0.25, 0.3) is 16.9 Å². The number of rotatable bonds is 7. The van der Waals surface area contributed by atoms with E-state index in [2.05, 4.69) is 26.8 Å². The molecule has 4 aromatic rings. The number of aliphatic hydroxyl groups is 1. The zero-order valence-electron chi connectivity index (χ0n) is 20.5. The number of carbonyl (C=O) groups excluding carboxylic acids is 2. The highest BCUT2D eigenvalue weighted by Crippen LogP contribution is 2.32. The molecule has 10 nitrogen and oxygen atoms in total. The Kier molecular flexibility index (Phi) is 6.26. The summed E-state index contributed by atoms with van der Waals surface area (Å²) in [6.07, 6.45) is 1.27. The van der Waals surface area contributed by atoms with E-state index in [1.807, 2.05) is 0 Å². The van der Waals surface area contributed by atoms with Gasteiger partial charge < -0.3 is 20.5 Å². The van der Waals surface area contributed by atoms with Crippen LogP contribution in [0.1, 0.15) is 35.3 Å². The number of hydrogen-bond acceptors (Lipinski definition) is 8. The molecule has 1 aliphatic rings. The Balaban J connectivity index is 1.51. The minimum Gasteiger partial charge on any atom is -0.426 e. The molecule has 0 unspecified atom stereocenters. The van der Waals surface area contributed by atoms with E-state index >= 15 is 0 Å². The average molecular weight is 515 g/mol. The van der Waals surface area contributed by atoms with Gasteiger partial charge in [-0.15, -0.1) is 0 Å². The van der Waals surface area contributed by atoms with Crippen LogP contribution < -0.4 is 15.4 Å². The number of aromatic nitrogens is 3. The number of ether oxygens (including phenoxy) is 1. The molecule has 5 rings (SSSR count). The molecule has 0 radical (unpaired) electrons. The van der Waals surface area contributed by atoms with Crippen LogP contribution >= 0.6 is 0 Å². The van der Waals surface area contributed by atoms with E-state index in [1.165, 1.54) is 26.2 Å². The molecule has 0 bridgehead atoms. The first-order valence-corrected chi connectivity index (χ1v) is 11.8. The summed E-state index contributed by atoms with van der Waals surface area (Å²) in [6.45, 7) is 2.26. The third-order valence-electron chi connectivity index (χ3n) is 6.15. The molecular formula is C27H23FN6O4. The average Bonchev–Trinajstić information content (AvgIpc) is 3.48. The summed E-state index contributed by atoms with van der Waals surface area (Å²) in [5.41, 5.74) is 2.44. The maximum absolute atomic E-state index is 14.3.